The normalized spacial score (nSPS) is 19.3. The molecule has 10 heteroatoms. The van der Waals surface area contributed by atoms with Crippen LogP contribution in [-0.4, -0.2) is 73.7 Å². The number of sulfone groups is 1. The van der Waals surface area contributed by atoms with Gasteiger partial charge in [-0.2, -0.15) is 0 Å². The molecule has 3 heterocycles. The highest BCUT2D eigenvalue weighted by Crippen LogP contribution is 2.39. The summed E-state index contributed by atoms with van der Waals surface area (Å²) in [7, 11) is 0.553. The molecule has 1 fully saturated rings. The van der Waals surface area contributed by atoms with Gasteiger partial charge < -0.3 is 30.6 Å². The van der Waals surface area contributed by atoms with E-state index in [4.69, 9.17) is 15.5 Å². The number of benzene rings is 2. The SMILES string of the molecule is Cc1cc(Nc2cc3c([nH]2)CC(N)N(C)C3=Nc2ccccc2S(=O)(=O)C(C)C)c(OC(C)C)cc1C1CCN(C)CC1. The van der Waals surface area contributed by atoms with Crippen LogP contribution in [0.4, 0.5) is 17.2 Å². The van der Waals surface area contributed by atoms with Crippen LogP contribution in [0.25, 0.3) is 0 Å². The lowest BCUT2D eigenvalue weighted by atomic mass is 9.86. The first-order chi connectivity index (χ1) is 20.3. The summed E-state index contributed by atoms with van der Waals surface area (Å²) in [4.78, 5) is 12.9. The van der Waals surface area contributed by atoms with Gasteiger partial charge in [0.05, 0.1) is 33.8 Å². The molecule has 43 heavy (non-hydrogen) atoms. The maximum Gasteiger partial charge on any atom is 0.182 e. The first kappa shape index (κ1) is 31.1. The zero-order chi connectivity index (χ0) is 31.1. The number of nitrogens with two attached hydrogens (primary N) is 1. The largest absolute Gasteiger partial charge is 0.489 e. The lowest BCUT2D eigenvalue weighted by Gasteiger charge is -2.32. The van der Waals surface area contributed by atoms with Crippen molar-refractivity contribution in [3.05, 3.63) is 64.8 Å². The molecule has 9 nitrogen and oxygen atoms in total. The van der Waals surface area contributed by atoms with Crippen LogP contribution in [0.3, 0.4) is 0 Å². The second kappa shape index (κ2) is 12.3. The second-order valence-corrected chi connectivity index (χ2v) is 15.0. The molecule has 1 atom stereocenters. The van der Waals surface area contributed by atoms with Gasteiger partial charge in [-0.25, -0.2) is 13.4 Å². The van der Waals surface area contributed by atoms with E-state index in [9.17, 15) is 8.42 Å². The third-order valence-electron chi connectivity index (χ3n) is 8.56. The van der Waals surface area contributed by atoms with E-state index in [1.54, 1.807) is 38.1 Å². The van der Waals surface area contributed by atoms with Gasteiger partial charge in [-0.3, -0.25) is 0 Å². The molecule has 0 aliphatic carbocycles. The summed E-state index contributed by atoms with van der Waals surface area (Å²) in [6, 6.07) is 13.3. The van der Waals surface area contributed by atoms with E-state index >= 15 is 0 Å². The highest BCUT2D eigenvalue weighted by molar-refractivity contribution is 7.92. The summed E-state index contributed by atoms with van der Waals surface area (Å²) >= 11 is 0. The predicted molar refractivity (Wildman–Crippen MR) is 175 cm³/mol. The molecular formula is C33H46N6O3S. The maximum absolute atomic E-state index is 13.1. The molecule has 2 aliphatic rings. The van der Waals surface area contributed by atoms with Crippen molar-refractivity contribution in [2.45, 2.75) is 82.2 Å². The fraction of sp³-hybridized carbons (Fsp3) is 0.485. The third kappa shape index (κ3) is 6.46. The first-order valence-electron chi connectivity index (χ1n) is 15.2. The molecule has 4 N–H and O–H groups in total. The standard InChI is InChI=1S/C33H46N6O3S/c1-20(2)42-29-17-24(23-12-14-38(6)15-13-23)22(5)16-28(29)36-32-18-25-27(35-32)19-31(34)39(7)33(25)37-26-10-8-9-11-30(26)43(40,41)21(3)4/h8-11,16-18,20-21,23,31,35-36H,12-15,19,34H2,1-7H3. The van der Waals surface area contributed by atoms with Crippen LogP contribution < -0.4 is 15.8 Å². The van der Waals surface area contributed by atoms with Crippen molar-refractivity contribution in [3.63, 3.8) is 0 Å². The molecule has 0 amide bonds. The number of ether oxygens (including phenoxy) is 1. The highest BCUT2D eigenvalue weighted by atomic mass is 32.2. The third-order valence-corrected chi connectivity index (χ3v) is 10.8. The molecule has 1 aromatic heterocycles. The number of amidine groups is 1. The molecule has 3 aromatic rings. The summed E-state index contributed by atoms with van der Waals surface area (Å²) in [6.07, 6.45) is 2.60. The van der Waals surface area contributed by atoms with Crippen LogP contribution in [0.5, 0.6) is 5.75 Å². The van der Waals surface area contributed by atoms with Gasteiger partial charge in [0.1, 0.15) is 17.4 Å². The van der Waals surface area contributed by atoms with E-state index in [-0.39, 0.29) is 17.2 Å². The van der Waals surface area contributed by atoms with E-state index in [2.05, 4.69) is 41.3 Å². The lowest BCUT2D eigenvalue weighted by Crippen LogP contribution is -2.48. The smallest absolute Gasteiger partial charge is 0.182 e. The number of likely N-dealkylation sites (tertiary alicyclic amines) is 1. The summed E-state index contributed by atoms with van der Waals surface area (Å²) in [5.74, 6) is 2.77. The number of aromatic amines is 1. The fourth-order valence-corrected chi connectivity index (χ4v) is 7.15. The molecule has 0 bridgehead atoms. The van der Waals surface area contributed by atoms with Crippen molar-refractivity contribution in [1.82, 2.24) is 14.8 Å². The van der Waals surface area contributed by atoms with E-state index in [1.165, 1.54) is 11.1 Å². The molecule has 1 unspecified atom stereocenters. The van der Waals surface area contributed by atoms with Gasteiger partial charge in [-0.15, -0.1) is 0 Å². The Balaban J connectivity index is 1.52. The van der Waals surface area contributed by atoms with Gasteiger partial charge in [-0.05, 0) is 115 Å². The van der Waals surface area contributed by atoms with Gasteiger partial charge in [0.15, 0.2) is 9.84 Å². The fourth-order valence-electron chi connectivity index (χ4n) is 5.97. The molecule has 0 saturated carbocycles. The second-order valence-electron chi connectivity index (χ2n) is 12.5. The average Bonchev–Trinajstić information content (AvgIpc) is 3.34. The zero-order valence-corrected chi connectivity index (χ0v) is 27.3. The maximum atomic E-state index is 13.1. The minimum Gasteiger partial charge on any atom is -0.489 e. The van der Waals surface area contributed by atoms with Crippen molar-refractivity contribution >= 4 is 32.9 Å². The van der Waals surface area contributed by atoms with Crippen molar-refractivity contribution < 1.29 is 13.2 Å². The van der Waals surface area contributed by atoms with Gasteiger partial charge in [0, 0.05) is 24.7 Å². The number of nitrogens with zero attached hydrogens (tertiary/aromatic N) is 3. The monoisotopic (exact) mass is 606 g/mol. The van der Waals surface area contributed by atoms with Gasteiger partial charge in [0.2, 0.25) is 0 Å². The van der Waals surface area contributed by atoms with Crippen molar-refractivity contribution in [2.24, 2.45) is 10.7 Å². The number of nitrogens with one attached hydrogen (secondary N) is 2. The summed E-state index contributed by atoms with van der Waals surface area (Å²) in [5, 5.41) is 3.02. The van der Waals surface area contributed by atoms with Crippen LogP contribution >= 0.6 is 0 Å². The van der Waals surface area contributed by atoms with Crippen LogP contribution in [0.2, 0.25) is 0 Å². The lowest BCUT2D eigenvalue weighted by molar-refractivity contribution is 0.241. The molecule has 2 aromatic carbocycles. The Morgan fingerprint density at radius 1 is 1.07 bits per heavy atom. The predicted octanol–water partition coefficient (Wildman–Crippen LogP) is 5.70. The zero-order valence-electron chi connectivity index (χ0n) is 26.4. The Hall–Kier alpha value is -3.34. The van der Waals surface area contributed by atoms with E-state index in [1.807, 2.05) is 31.9 Å². The number of anilines is 2. The number of fused-ring (bicyclic) bond motifs is 1. The topological polar surface area (TPSA) is 116 Å². The van der Waals surface area contributed by atoms with E-state index in [0.29, 0.717) is 23.9 Å². The highest BCUT2D eigenvalue weighted by Gasteiger charge is 2.30. The molecule has 0 spiro atoms. The summed E-state index contributed by atoms with van der Waals surface area (Å²) in [6.45, 7) is 11.8. The van der Waals surface area contributed by atoms with Gasteiger partial charge in [-0.1, -0.05) is 12.1 Å². The molecule has 1 saturated heterocycles. The Morgan fingerprint density at radius 2 is 1.77 bits per heavy atom. The Bertz CT molecular complexity index is 1600. The minimum absolute atomic E-state index is 0.0259. The molecule has 232 valence electrons. The number of piperidine rings is 1. The summed E-state index contributed by atoms with van der Waals surface area (Å²) in [5.41, 5.74) is 12.3. The molecular weight excluding hydrogens is 560 g/mol. The van der Waals surface area contributed by atoms with Crippen molar-refractivity contribution in [3.8, 4) is 5.75 Å². The Morgan fingerprint density at radius 3 is 2.44 bits per heavy atom. The van der Waals surface area contributed by atoms with Crippen molar-refractivity contribution in [1.29, 1.82) is 0 Å². The number of hydrogen-bond donors (Lipinski definition) is 3. The number of likely N-dealkylation sites (N-methyl/N-ethyl adjacent to an activating group) is 1. The number of aliphatic imine (C=N–C) groups is 1. The van der Waals surface area contributed by atoms with Crippen LogP contribution in [0, 0.1) is 6.92 Å². The number of hydrogen-bond acceptors (Lipinski definition) is 7. The molecule has 2 aliphatic heterocycles. The number of H-pyrrole nitrogens is 1. The number of para-hydroxylation sites is 1. The first-order valence-corrected chi connectivity index (χ1v) is 16.8. The van der Waals surface area contributed by atoms with Crippen LogP contribution in [0.1, 0.15) is 68.8 Å². The van der Waals surface area contributed by atoms with Crippen LogP contribution in [-0.2, 0) is 16.3 Å². The number of rotatable bonds is 8. The Labute approximate surface area is 256 Å². The van der Waals surface area contributed by atoms with Gasteiger partial charge in [0.25, 0.3) is 0 Å². The average molecular weight is 607 g/mol. The number of aromatic nitrogens is 1. The molecule has 0 radical (unpaired) electrons. The quantitative estimate of drug-likeness (QED) is 0.301. The van der Waals surface area contributed by atoms with Crippen LogP contribution in [0.15, 0.2) is 52.4 Å². The van der Waals surface area contributed by atoms with Gasteiger partial charge >= 0.3 is 0 Å². The Kier molecular flexibility index (Phi) is 8.92. The number of aryl methyl sites for hydroxylation is 1. The van der Waals surface area contributed by atoms with Crippen molar-refractivity contribution in [2.75, 3.05) is 32.5 Å². The minimum atomic E-state index is -3.53. The summed E-state index contributed by atoms with van der Waals surface area (Å²) < 4.78 is 32.6. The van der Waals surface area contributed by atoms with E-state index < -0.39 is 15.1 Å². The van der Waals surface area contributed by atoms with E-state index in [0.717, 1.165) is 54.4 Å². The molecule has 5 rings (SSSR count).